The van der Waals surface area contributed by atoms with E-state index in [4.69, 9.17) is 40.5 Å². The lowest BCUT2D eigenvalue weighted by Crippen LogP contribution is -2.27. The highest BCUT2D eigenvalue weighted by molar-refractivity contribution is 6.42. The molecular formula is C15H14Cl4N4. The minimum absolute atomic E-state index is 0. The zero-order valence-corrected chi connectivity index (χ0v) is 15.1. The first-order valence-corrected chi connectivity index (χ1v) is 7.44. The van der Waals surface area contributed by atoms with Crippen molar-refractivity contribution < 1.29 is 0 Å². The summed E-state index contributed by atoms with van der Waals surface area (Å²) in [7, 11) is 0. The normalized spacial score (nSPS) is 11.8. The van der Waals surface area contributed by atoms with Crippen LogP contribution in [0.5, 0.6) is 0 Å². The third kappa shape index (κ3) is 5.92. The maximum Gasteiger partial charge on any atom is 0.214 e. The lowest BCUT2D eigenvalue weighted by atomic mass is 10.1. The highest BCUT2D eigenvalue weighted by Gasteiger charge is 2.02. The Kier molecular flexibility index (Phi) is 7.65. The molecule has 0 aliphatic heterocycles. The van der Waals surface area contributed by atoms with Crippen LogP contribution in [0, 0.1) is 0 Å². The number of rotatable bonds is 3. The van der Waals surface area contributed by atoms with Gasteiger partial charge < -0.3 is 5.73 Å². The minimum atomic E-state index is 0. The molecule has 0 heterocycles. The van der Waals surface area contributed by atoms with Crippen LogP contribution in [0.3, 0.4) is 0 Å². The molecule has 0 aliphatic carbocycles. The zero-order chi connectivity index (χ0) is 16.1. The summed E-state index contributed by atoms with van der Waals surface area (Å²) in [4.78, 5) is 4.17. The second-order valence-electron chi connectivity index (χ2n) is 4.41. The molecule has 2 aromatic carbocycles. The third-order valence-corrected chi connectivity index (χ3v) is 3.74. The summed E-state index contributed by atoms with van der Waals surface area (Å²) in [5, 5.41) is 5.76. The van der Waals surface area contributed by atoms with Gasteiger partial charge in [-0.25, -0.2) is 10.4 Å². The SMILES string of the molecule is C/C(=N\NC(N)=Nc1ccc(Cl)cc1)c1ccc(Cl)c(Cl)c1.Cl. The maximum absolute atomic E-state index is 5.97. The Hall–Kier alpha value is -1.46. The standard InChI is InChI=1S/C15H13Cl3N4.ClH/c1-9(10-2-7-13(17)14(18)8-10)21-22-15(19)20-12-5-3-11(16)4-6-12;/h2-8H,1H3,(H3,19,20,22);1H/b21-9+;. The fourth-order valence-corrected chi connectivity index (χ4v) is 2.03. The Labute approximate surface area is 155 Å². The Morgan fingerprint density at radius 1 is 1.00 bits per heavy atom. The van der Waals surface area contributed by atoms with E-state index in [1.54, 1.807) is 36.4 Å². The van der Waals surface area contributed by atoms with Crippen LogP contribution in [0.1, 0.15) is 12.5 Å². The number of nitrogens with zero attached hydrogens (tertiary/aromatic N) is 2. The van der Waals surface area contributed by atoms with E-state index < -0.39 is 0 Å². The van der Waals surface area contributed by atoms with Gasteiger partial charge in [-0.1, -0.05) is 40.9 Å². The molecule has 3 N–H and O–H groups in total. The molecule has 0 radical (unpaired) electrons. The Morgan fingerprint density at radius 2 is 1.65 bits per heavy atom. The highest BCUT2D eigenvalue weighted by atomic mass is 35.5. The number of halogens is 4. The van der Waals surface area contributed by atoms with Crippen LogP contribution in [0.15, 0.2) is 52.6 Å². The fraction of sp³-hybridized carbons (Fsp3) is 0.0667. The predicted octanol–water partition coefficient (Wildman–Crippen LogP) is 5.03. The molecule has 0 atom stereocenters. The monoisotopic (exact) mass is 390 g/mol. The lowest BCUT2D eigenvalue weighted by Gasteiger charge is -2.04. The first-order valence-electron chi connectivity index (χ1n) is 6.31. The average Bonchev–Trinajstić information content (AvgIpc) is 2.50. The molecule has 2 aromatic rings. The first-order chi connectivity index (χ1) is 10.5. The summed E-state index contributed by atoms with van der Waals surface area (Å²) in [5.41, 5.74) is 10.7. The molecule has 23 heavy (non-hydrogen) atoms. The van der Waals surface area contributed by atoms with E-state index in [-0.39, 0.29) is 18.4 Å². The highest BCUT2D eigenvalue weighted by Crippen LogP contribution is 2.22. The second kappa shape index (κ2) is 8.99. The van der Waals surface area contributed by atoms with Gasteiger partial charge in [-0.15, -0.1) is 12.4 Å². The van der Waals surface area contributed by atoms with Gasteiger partial charge in [0.2, 0.25) is 5.96 Å². The van der Waals surface area contributed by atoms with Gasteiger partial charge in [0.25, 0.3) is 0 Å². The molecule has 0 saturated carbocycles. The molecule has 0 aromatic heterocycles. The number of hydrogen-bond donors (Lipinski definition) is 2. The van der Waals surface area contributed by atoms with E-state index in [0.29, 0.717) is 26.5 Å². The molecule has 0 bridgehead atoms. The van der Waals surface area contributed by atoms with E-state index in [1.807, 2.05) is 13.0 Å². The summed E-state index contributed by atoms with van der Waals surface area (Å²) < 4.78 is 0. The Balaban J connectivity index is 0.00000264. The van der Waals surface area contributed by atoms with Crippen LogP contribution < -0.4 is 11.2 Å². The largest absolute Gasteiger partial charge is 0.368 e. The van der Waals surface area contributed by atoms with Crippen LogP contribution in [0.4, 0.5) is 5.69 Å². The molecule has 8 heteroatoms. The topological polar surface area (TPSA) is 62.8 Å². The van der Waals surface area contributed by atoms with Crippen molar-refractivity contribution >= 4 is 64.6 Å². The molecular weight excluding hydrogens is 378 g/mol. The number of guanidine groups is 1. The van der Waals surface area contributed by atoms with Gasteiger partial charge in [0.15, 0.2) is 0 Å². The number of nitrogens with two attached hydrogens (primary N) is 1. The van der Waals surface area contributed by atoms with Gasteiger partial charge >= 0.3 is 0 Å². The number of benzene rings is 2. The molecule has 0 aliphatic rings. The predicted molar refractivity (Wildman–Crippen MR) is 102 cm³/mol. The number of nitrogens with one attached hydrogen (secondary N) is 1. The van der Waals surface area contributed by atoms with E-state index in [9.17, 15) is 0 Å². The summed E-state index contributed by atoms with van der Waals surface area (Å²) in [6, 6.07) is 12.2. The van der Waals surface area contributed by atoms with Gasteiger partial charge in [-0.3, -0.25) is 0 Å². The van der Waals surface area contributed by atoms with Gasteiger partial charge in [0, 0.05) is 5.02 Å². The van der Waals surface area contributed by atoms with Gasteiger partial charge in [-0.2, -0.15) is 5.10 Å². The van der Waals surface area contributed by atoms with Gasteiger partial charge in [0.1, 0.15) is 0 Å². The van der Waals surface area contributed by atoms with Crippen LogP contribution in [0.25, 0.3) is 0 Å². The van der Waals surface area contributed by atoms with Crippen LogP contribution >= 0.6 is 47.2 Å². The van der Waals surface area contributed by atoms with Crippen LogP contribution in [0.2, 0.25) is 15.1 Å². The van der Waals surface area contributed by atoms with Crippen molar-refractivity contribution in [3.05, 3.63) is 63.1 Å². The Morgan fingerprint density at radius 3 is 2.26 bits per heavy atom. The van der Waals surface area contributed by atoms with Crippen LogP contribution in [-0.4, -0.2) is 11.7 Å². The van der Waals surface area contributed by atoms with E-state index in [0.717, 1.165) is 5.56 Å². The molecule has 4 nitrogen and oxygen atoms in total. The van der Waals surface area contributed by atoms with Crippen molar-refractivity contribution in [2.75, 3.05) is 0 Å². The molecule has 0 fully saturated rings. The number of hydrogen-bond acceptors (Lipinski definition) is 2. The van der Waals surface area contributed by atoms with Crippen molar-refractivity contribution in [2.24, 2.45) is 15.8 Å². The molecule has 0 saturated heterocycles. The molecule has 0 spiro atoms. The number of aliphatic imine (C=N–C) groups is 1. The van der Waals surface area contributed by atoms with E-state index in [1.165, 1.54) is 0 Å². The van der Waals surface area contributed by atoms with E-state index in [2.05, 4.69) is 15.5 Å². The van der Waals surface area contributed by atoms with Gasteiger partial charge in [-0.05, 0) is 48.9 Å². The first kappa shape index (κ1) is 19.6. The molecule has 122 valence electrons. The average molecular weight is 392 g/mol. The summed E-state index contributed by atoms with van der Waals surface area (Å²) in [6.45, 7) is 1.82. The van der Waals surface area contributed by atoms with Crippen molar-refractivity contribution in [3.8, 4) is 0 Å². The van der Waals surface area contributed by atoms with Crippen molar-refractivity contribution in [1.29, 1.82) is 0 Å². The van der Waals surface area contributed by atoms with E-state index >= 15 is 0 Å². The smallest absolute Gasteiger partial charge is 0.214 e. The third-order valence-electron chi connectivity index (χ3n) is 2.75. The Bertz CT molecular complexity index is 727. The summed E-state index contributed by atoms with van der Waals surface area (Å²) in [5.74, 6) is 0.168. The van der Waals surface area contributed by atoms with Crippen molar-refractivity contribution in [2.45, 2.75) is 6.92 Å². The molecule has 2 rings (SSSR count). The lowest BCUT2D eigenvalue weighted by molar-refractivity contribution is 1.00. The quantitative estimate of drug-likeness (QED) is 0.437. The maximum atomic E-state index is 5.97. The van der Waals surface area contributed by atoms with Crippen molar-refractivity contribution in [1.82, 2.24) is 5.43 Å². The zero-order valence-electron chi connectivity index (χ0n) is 12.1. The summed E-state index contributed by atoms with van der Waals surface area (Å²) in [6.07, 6.45) is 0. The summed E-state index contributed by atoms with van der Waals surface area (Å²) >= 11 is 17.7. The fourth-order valence-electron chi connectivity index (χ4n) is 1.61. The molecule has 0 amide bonds. The molecule has 0 unspecified atom stereocenters. The van der Waals surface area contributed by atoms with Crippen LogP contribution in [-0.2, 0) is 0 Å². The second-order valence-corrected chi connectivity index (χ2v) is 5.66. The minimum Gasteiger partial charge on any atom is -0.368 e. The number of hydrazone groups is 1. The van der Waals surface area contributed by atoms with Crippen molar-refractivity contribution in [3.63, 3.8) is 0 Å². The van der Waals surface area contributed by atoms with Gasteiger partial charge in [0.05, 0.1) is 21.4 Å².